The number of nitrogens with zero attached hydrogens (tertiary/aromatic N) is 1. The van der Waals surface area contributed by atoms with E-state index in [2.05, 4.69) is 22.2 Å². The van der Waals surface area contributed by atoms with E-state index in [4.69, 9.17) is 4.74 Å². The molecule has 0 saturated carbocycles. The first kappa shape index (κ1) is 21.7. The van der Waals surface area contributed by atoms with E-state index < -0.39 is 6.10 Å². The van der Waals surface area contributed by atoms with Gasteiger partial charge in [0.1, 0.15) is 5.75 Å². The van der Waals surface area contributed by atoms with Gasteiger partial charge in [-0.1, -0.05) is 18.2 Å². The summed E-state index contributed by atoms with van der Waals surface area (Å²) >= 11 is 0. The topological polar surface area (TPSA) is 65.9 Å². The molecule has 0 saturated heterocycles. The Morgan fingerprint density at radius 3 is 2.74 bits per heavy atom. The first-order chi connectivity index (χ1) is 10.6. The van der Waals surface area contributed by atoms with Crippen LogP contribution in [-0.2, 0) is 0 Å². The number of aliphatic hydroxyl groups excluding tert-OH is 1. The van der Waals surface area contributed by atoms with Crippen molar-refractivity contribution in [3.05, 3.63) is 42.5 Å². The van der Waals surface area contributed by atoms with Gasteiger partial charge in [0, 0.05) is 13.1 Å². The zero-order valence-corrected chi connectivity index (χ0v) is 16.4. The minimum absolute atomic E-state index is 0. The maximum Gasteiger partial charge on any atom is 0.191 e. The summed E-state index contributed by atoms with van der Waals surface area (Å²) in [6, 6.07) is 7.48. The highest BCUT2D eigenvalue weighted by atomic mass is 127. The Hall–Kier alpha value is -1.28. The fraction of sp³-hybridized carbons (Fsp3) is 0.471. The molecule has 0 aromatic heterocycles. The van der Waals surface area contributed by atoms with Gasteiger partial charge in [-0.05, 0) is 38.5 Å². The normalized spacial score (nSPS) is 12.3. The zero-order valence-electron chi connectivity index (χ0n) is 14.1. The quantitative estimate of drug-likeness (QED) is 0.255. The van der Waals surface area contributed by atoms with Crippen LogP contribution >= 0.6 is 24.0 Å². The molecule has 1 aromatic rings. The first-order valence-corrected chi connectivity index (χ1v) is 7.64. The lowest BCUT2D eigenvalue weighted by Gasteiger charge is -2.14. The van der Waals surface area contributed by atoms with Gasteiger partial charge in [0.25, 0.3) is 0 Å². The van der Waals surface area contributed by atoms with Crippen LogP contribution in [0.15, 0.2) is 41.9 Å². The maximum absolute atomic E-state index is 10.3. The lowest BCUT2D eigenvalue weighted by molar-refractivity contribution is 0.185. The summed E-state index contributed by atoms with van der Waals surface area (Å²) < 4.78 is 5.64. The molecule has 0 spiro atoms. The summed E-state index contributed by atoms with van der Waals surface area (Å²) in [4.78, 5) is 4.37. The summed E-state index contributed by atoms with van der Waals surface area (Å²) in [5.74, 6) is 1.42. The molecular weight excluding hydrogens is 405 g/mol. The van der Waals surface area contributed by atoms with Crippen LogP contribution in [0.2, 0.25) is 0 Å². The Labute approximate surface area is 156 Å². The highest BCUT2D eigenvalue weighted by molar-refractivity contribution is 14.0. The Morgan fingerprint density at radius 2 is 2.13 bits per heavy atom. The van der Waals surface area contributed by atoms with E-state index in [0.717, 1.165) is 17.9 Å². The average molecular weight is 433 g/mol. The molecule has 1 atom stereocenters. The lowest BCUT2D eigenvalue weighted by Crippen LogP contribution is -2.37. The summed E-state index contributed by atoms with van der Waals surface area (Å²) in [7, 11) is 0. The van der Waals surface area contributed by atoms with Crippen molar-refractivity contribution in [1.29, 1.82) is 0 Å². The third-order valence-corrected chi connectivity index (χ3v) is 2.80. The summed E-state index contributed by atoms with van der Waals surface area (Å²) in [6.45, 7) is 11.3. The molecule has 23 heavy (non-hydrogen) atoms. The Kier molecular flexibility index (Phi) is 11.5. The molecule has 0 bridgehead atoms. The summed E-state index contributed by atoms with van der Waals surface area (Å²) in [5, 5.41) is 16.5. The molecule has 1 rings (SSSR count). The highest BCUT2D eigenvalue weighted by Crippen LogP contribution is 2.20. The number of ether oxygens (including phenoxy) is 1. The number of aliphatic hydroxyl groups is 1. The van der Waals surface area contributed by atoms with Crippen molar-refractivity contribution in [2.24, 2.45) is 4.99 Å². The van der Waals surface area contributed by atoms with Gasteiger partial charge in [0.15, 0.2) is 5.96 Å². The van der Waals surface area contributed by atoms with Crippen LogP contribution in [0.5, 0.6) is 5.75 Å². The van der Waals surface area contributed by atoms with Gasteiger partial charge >= 0.3 is 0 Å². The highest BCUT2D eigenvalue weighted by Gasteiger charge is 2.09. The van der Waals surface area contributed by atoms with E-state index in [1.54, 1.807) is 6.08 Å². The molecule has 3 N–H and O–H groups in total. The molecule has 1 aromatic carbocycles. The standard InChI is InChI=1S/C17H27N3O2.HI/c1-5-10-19-17(18-6-2)20-12-16(21)14-8-7-9-15(11-14)22-13(3)4;/h5,7-9,11,13,16,21H,1,6,10,12H2,2-4H3,(H2,18,19,20);1H. The molecular formula is C17H28IN3O2. The predicted molar refractivity (Wildman–Crippen MR) is 107 cm³/mol. The zero-order chi connectivity index (χ0) is 16.4. The van der Waals surface area contributed by atoms with Gasteiger partial charge in [-0.3, -0.25) is 4.99 Å². The first-order valence-electron chi connectivity index (χ1n) is 7.64. The van der Waals surface area contributed by atoms with Crippen LogP contribution in [0.1, 0.15) is 32.4 Å². The molecule has 0 amide bonds. The number of hydrogen-bond donors (Lipinski definition) is 3. The maximum atomic E-state index is 10.3. The molecule has 5 nitrogen and oxygen atoms in total. The van der Waals surface area contributed by atoms with Crippen LogP contribution in [0, 0.1) is 0 Å². The molecule has 0 radical (unpaired) electrons. The second-order valence-electron chi connectivity index (χ2n) is 5.14. The third kappa shape index (κ3) is 8.80. The van der Waals surface area contributed by atoms with E-state index >= 15 is 0 Å². The van der Waals surface area contributed by atoms with Gasteiger partial charge in [0.2, 0.25) is 0 Å². The number of benzene rings is 1. The Bertz CT molecular complexity index is 492. The molecule has 1 unspecified atom stereocenters. The van der Waals surface area contributed by atoms with E-state index in [1.807, 2.05) is 45.0 Å². The molecule has 130 valence electrons. The van der Waals surface area contributed by atoms with Gasteiger partial charge < -0.3 is 20.5 Å². The van der Waals surface area contributed by atoms with Gasteiger partial charge in [-0.25, -0.2) is 0 Å². The van der Waals surface area contributed by atoms with E-state index in [-0.39, 0.29) is 36.6 Å². The number of guanidine groups is 1. The second-order valence-corrected chi connectivity index (χ2v) is 5.14. The van der Waals surface area contributed by atoms with Gasteiger partial charge in [-0.2, -0.15) is 0 Å². The van der Waals surface area contributed by atoms with Crippen molar-refractivity contribution in [2.75, 3.05) is 19.6 Å². The van der Waals surface area contributed by atoms with Crippen LogP contribution in [0.25, 0.3) is 0 Å². The summed E-state index contributed by atoms with van der Waals surface area (Å²) in [6.07, 6.45) is 1.19. The lowest BCUT2D eigenvalue weighted by atomic mass is 10.1. The largest absolute Gasteiger partial charge is 0.491 e. The summed E-state index contributed by atoms with van der Waals surface area (Å²) in [5.41, 5.74) is 0.793. The van der Waals surface area contributed by atoms with Crippen molar-refractivity contribution in [3.8, 4) is 5.75 Å². The Balaban J connectivity index is 0.00000484. The number of rotatable bonds is 8. The fourth-order valence-electron chi connectivity index (χ4n) is 1.86. The molecule has 0 aliphatic carbocycles. The van der Waals surface area contributed by atoms with Crippen molar-refractivity contribution in [2.45, 2.75) is 33.0 Å². The Morgan fingerprint density at radius 1 is 1.39 bits per heavy atom. The predicted octanol–water partition coefficient (Wildman–Crippen LogP) is 2.87. The van der Waals surface area contributed by atoms with Crippen molar-refractivity contribution in [1.82, 2.24) is 10.6 Å². The van der Waals surface area contributed by atoms with Crippen LogP contribution in [-0.4, -0.2) is 36.8 Å². The molecule has 0 aliphatic heterocycles. The number of aliphatic imine (C=N–C) groups is 1. The average Bonchev–Trinajstić information content (AvgIpc) is 2.49. The monoisotopic (exact) mass is 433 g/mol. The second kappa shape index (κ2) is 12.2. The molecule has 6 heteroatoms. The minimum atomic E-state index is -0.671. The third-order valence-electron chi connectivity index (χ3n) is 2.80. The van der Waals surface area contributed by atoms with E-state index in [9.17, 15) is 5.11 Å². The molecule has 0 fully saturated rings. The van der Waals surface area contributed by atoms with Crippen LogP contribution < -0.4 is 15.4 Å². The van der Waals surface area contributed by atoms with E-state index in [0.29, 0.717) is 12.5 Å². The van der Waals surface area contributed by atoms with Gasteiger partial charge in [0.05, 0.1) is 18.8 Å². The number of nitrogens with one attached hydrogen (secondary N) is 2. The van der Waals surface area contributed by atoms with Crippen molar-refractivity contribution < 1.29 is 9.84 Å². The molecule has 0 heterocycles. The minimum Gasteiger partial charge on any atom is -0.491 e. The fourth-order valence-corrected chi connectivity index (χ4v) is 1.86. The number of halogens is 1. The molecule has 0 aliphatic rings. The van der Waals surface area contributed by atoms with Crippen LogP contribution in [0.3, 0.4) is 0 Å². The van der Waals surface area contributed by atoms with E-state index in [1.165, 1.54) is 0 Å². The SMILES string of the molecule is C=CCNC(=NCC(O)c1cccc(OC(C)C)c1)NCC.I. The van der Waals surface area contributed by atoms with Crippen molar-refractivity contribution in [3.63, 3.8) is 0 Å². The van der Waals surface area contributed by atoms with Gasteiger partial charge in [-0.15, -0.1) is 30.6 Å². The number of hydrogen-bond acceptors (Lipinski definition) is 3. The van der Waals surface area contributed by atoms with Crippen molar-refractivity contribution >= 4 is 29.9 Å². The van der Waals surface area contributed by atoms with Crippen LogP contribution in [0.4, 0.5) is 0 Å². The smallest absolute Gasteiger partial charge is 0.191 e.